The van der Waals surface area contributed by atoms with Crippen molar-refractivity contribution in [3.05, 3.63) is 35.5 Å². The third-order valence-electron chi connectivity index (χ3n) is 3.80. The Kier molecular flexibility index (Phi) is 3.18. The molecule has 0 atom stereocenters. The smallest absolute Gasteiger partial charge is 0.242 e. The molecule has 2 amide bonds. The van der Waals surface area contributed by atoms with Crippen LogP contribution in [-0.2, 0) is 22.6 Å². The summed E-state index contributed by atoms with van der Waals surface area (Å²) < 4.78 is 0. The summed E-state index contributed by atoms with van der Waals surface area (Å²) in [7, 11) is 1.61. The predicted octanol–water partition coefficient (Wildman–Crippen LogP) is 1.14. The van der Waals surface area contributed by atoms with Crippen molar-refractivity contribution in [3.8, 4) is 0 Å². The fraction of sp³-hybridized carbons (Fsp3) is 0.333. The number of nitrogens with zero attached hydrogens (tertiary/aromatic N) is 2. The van der Waals surface area contributed by atoms with E-state index in [0.717, 1.165) is 17.6 Å². The van der Waals surface area contributed by atoms with Gasteiger partial charge < -0.3 is 14.8 Å². The molecule has 0 saturated carbocycles. The zero-order chi connectivity index (χ0) is 14.1. The number of carbonyl (C=O) groups is 2. The summed E-state index contributed by atoms with van der Waals surface area (Å²) in [6, 6.07) is 8.21. The van der Waals surface area contributed by atoms with Gasteiger partial charge in [0.25, 0.3) is 0 Å². The summed E-state index contributed by atoms with van der Waals surface area (Å²) in [4.78, 5) is 29.3. The Morgan fingerprint density at radius 3 is 3.05 bits per heavy atom. The minimum Gasteiger partial charge on any atom is -0.357 e. The van der Waals surface area contributed by atoms with Crippen molar-refractivity contribution in [2.75, 3.05) is 20.1 Å². The van der Waals surface area contributed by atoms with Crippen LogP contribution < -0.4 is 0 Å². The summed E-state index contributed by atoms with van der Waals surface area (Å²) in [6.45, 7) is 1.44. The lowest BCUT2D eigenvalue weighted by Crippen LogP contribution is -2.41. The number of nitrogens with one attached hydrogen (secondary N) is 1. The molecule has 5 nitrogen and oxygen atoms in total. The lowest BCUT2D eigenvalue weighted by atomic mass is 10.0. The van der Waals surface area contributed by atoms with Gasteiger partial charge in [-0.1, -0.05) is 18.2 Å². The van der Waals surface area contributed by atoms with Crippen molar-refractivity contribution in [1.29, 1.82) is 0 Å². The highest BCUT2D eigenvalue weighted by molar-refractivity contribution is 5.86. The number of likely N-dealkylation sites (N-methyl/N-ethyl adjacent to an activating group) is 1. The van der Waals surface area contributed by atoms with Crippen LogP contribution in [0.3, 0.4) is 0 Å². The summed E-state index contributed by atoms with van der Waals surface area (Å²) >= 11 is 0. The van der Waals surface area contributed by atoms with E-state index in [1.165, 1.54) is 15.8 Å². The first-order valence-corrected chi connectivity index (χ1v) is 6.71. The summed E-state index contributed by atoms with van der Waals surface area (Å²) in [5, 5.41) is 1.25. The lowest BCUT2D eigenvalue weighted by molar-refractivity contribution is -0.135. The number of hydrogen-bond donors (Lipinski definition) is 1. The van der Waals surface area contributed by atoms with Crippen LogP contribution in [0.15, 0.2) is 24.3 Å². The van der Waals surface area contributed by atoms with Gasteiger partial charge in [-0.25, -0.2) is 0 Å². The number of H-pyrrole nitrogens is 1. The van der Waals surface area contributed by atoms with Gasteiger partial charge in [0.15, 0.2) is 0 Å². The highest BCUT2D eigenvalue weighted by Gasteiger charge is 2.24. The average molecular weight is 271 g/mol. The Morgan fingerprint density at radius 2 is 2.25 bits per heavy atom. The van der Waals surface area contributed by atoms with Crippen molar-refractivity contribution in [3.63, 3.8) is 0 Å². The summed E-state index contributed by atoms with van der Waals surface area (Å²) in [6.07, 6.45) is 1.53. The van der Waals surface area contributed by atoms with Crippen LogP contribution in [-0.4, -0.2) is 47.2 Å². The van der Waals surface area contributed by atoms with Crippen LogP contribution in [0.5, 0.6) is 0 Å². The standard InChI is InChI=1S/C15H17N3O2/c1-17(10-19)9-15(20)18-7-6-12-11-4-2-3-5-13(11)16-14(12)8-18/h2-5,10,16H,6-9H2,1H3. The number of aromatic nitrogens is 1. The van der Waals surface area contributed by atoms with Crippen LogP contribution in [0.1, 0.15) is 11.3 Å². The maximum absolute atomic E-state index is 12.1. The van der Waals surface area contributed by atoms with E-state index in [2.05, 4.69) is 17.1 Å². The highest BCUT2D eigenvalue weighted by atomic mass is 16.2. The Labute approximate surface area is 117 Å². The number of aromatic amines is 1. The molecular weight excluding hydrogens is 254 g/mol. The second-order valence-electron chi connectivity index (χ2n) is 5.21. The molecule has 0 saturated heterocycles. The molecule has 2 heterocycles. The van der Waals surface area contributed by atoms with Crippen LogP contribution >= 0.6 is 0 Å². The molecule has 104 valence electrons. The first-order chi connectivity index (χ1) is 9.69. The first-order valence-electron chi connectivity index (χ1n) is 6.71. The Balaban J connectivity index is 1.82. The van der Waals surface area contributed by atoms with Crippen LogP contribution in [0, 0.1) is 0 Å². The van der Waals surface area contributed by atoms with E-state index in [4.69, 9.17) is 0 Å². The third-order valence-corrected chi connectivity index (χ3v) is 3.80. The second-order valence-corrected chi connectivity index (χ2v) is 5.21. The van der Waals surface area contributed by atoms with Gasteiger partial charge in [-0.05, 0) is 18.1 Å². The van der Waals surface area contributed by atoms with Crippen molar-refractivity contribution in [1.82, 2.24) is 14.8 Å². The molecule has 0 spiro atoms. The number of benzene rings is 1. The monoisotopic (exact) mass is 271 g/mol. The van der Waals surface area contributed by atoms with Gasteiger partial charge in [-0.3, -0.25) is 9.59 Å². The fourth-order valence-corrected chi connectivity index (χ4v) is 2.76. The van der Waals surface area contributed by atoms with E-state index >= 15 is 0 Å². The normalized spacial score (nSPS) is 14.2. The molecule has 0 bridgehead atoms. The molecule has 0 unspecified atom stereocenters. The summed E-state index contributed by atoms with van der Waals surface area (Å²) in [5.74, 6) is -0.0103. The van der Waals surface area contributed by atoms with Gasteiger partial charge in [0, 0.05) is 30.2 Å². The topological polar surface area (TPSA) is 56.4 Å². The van der Waals surface area contributed by atoms with E-state index < -0.39 is 0 Å². The Hall–Kier alpha value is -2.30. The van der Waals surface area contributed by atoms with E-state index in [9.17, 15) is 9.59 Å². The second kappa shape index (κ2) is 5.00. The molecule has 5 heteroatoms. The lowest BCUT2D eigenvalue weighted by Gasteiger charge is -2.28. The quantitative estimate of drug-likeness (QED) is 0.851. The molecule has 0 radical (unpaired) electrons. The predicted molar refractivity (Wildman–Crippen MR) is 76.1 cm³/mol. The zero-order valence-electron chi connectivity index (χ0n) is 11.4. The van der Waals surface area contributed by atoms with Gasteiger partial charge in [-0.15, -0.1) is 0 Å². The number of amides is 2. The van der Waals surface area contributed by atoms with Crippen molar-refractivity contribution in [2.24, 2.45) is 0 Å². The minimum absolute atomic E-state index is 0.0103. The van der Waals surface area contributed by atoms with Crippen molar-refractivity contribution >= 4 is 23.2 Å². The number of hydrogen-bond acceptors (Lipinski definition) is 2. The molecule has 1 N–H and O–H groups in total. The van der Waals surface area contributed by atoms with Gasteiger partial charge in [-0.2, -0.15) is 0 Å². The Bertz CT molecular complexity index is 662. The molecule has 0 fully saturated rings. The number of carbonyl (C=O) groups excluding carboxylic acids is 2. The minimum atomic E-state index is -0.0103. The highest BCUT2D eigenvalue weighted by Crippen LogP contribution is 2.27. The number of fused-ring (bicyclic) bond motifs is 3. The molecule has 1 aromatic heterocycles. The fourth-order valence-electron chi connectivity index (χ4n) is 2.76. The van der Waals surface area contributed by atoms with Gasteiger partial charge >= 0.3 is 0 Å². The van der Waals surface area contributed by atoms with Gasteiger partial charge in [0.05, 0.1) is 13.1 Å². The SMILES string of the molecule is CN(C=O)CC(=O)N1CCc2c([nH]c3ccccc23)C1. The van der Waals surface area contributed by atoms with Gasteiger partial charge in [0.2, 0.25) is 12.3 Å². The zero-order valence-corrected chi connectivity index (χ0v) is 11.4. The molecule has 1 aliphatic heterocycles. The summed E-state index contributed by atoms with van der Waals surface area (Å²) in [5.41, 5.74) is 3.55. The number of para-hydroxylation sites is 1. The molecule has 20 heavy (non-hydrogen) atoms. The maximum atomic E-state index is 12.1. The van der Waals surface area contributed by atoms with Crippen LogP contribution in [0.2, 0.25) is 0 Å². The molecule has 3 rings (SSSR count). The van der Waals surface area contributed by atoms with Crippen LogP contribution in [0.25, 0.3) is 10.9 Å². The average Bonchev–Trinajstić information content (AvgIpc) is 2.84. The molecule has 1 aliphatic rings. The maximum Gasteiger partial charge on any atom is 0.242 e. The Morgan fingerprint density at radius 1 is 1.45 bits per heavy atom. The van der Waals surface area contributed by atoms with E-state index in [0.29, 0.717) is 19.5 Å². The molecule has 1 aromatic carbocycles. The van der Waals surface area contributed by atoms with E-state index in [1.807, 2.05) is 12.1 Å². The molecule has 2 aromatic rings. The molecular formula is C15H17N3O2. The largest absolute Gasteiger partial charge is 0.357 e. The number of rotatable bonds is 3. The third kappa shape index (κ3) is 2.15. The first kappa shape index (κ1) is 12.7. The molecule has 0 aliphatic carbocycles. The van der Waals surface area contributed by atoms with Gasteiger partial charge in [0.1, 0.15) is 0 Å². The van der Waals surface area contributed by atoms with E-state index in [1.54, 1.807) is 11.9 Å². The van der Waals surface area contributed by atoms with Crippen LogP contribution in [0.4, 0.5) is 0 Å². The van der Waals surface area contributed by atoms with Crippen molar-refractivity contribution in [2.45, 2.75) is 13.0 Å². The van der Waals surface area contributed by atoms with E-state index in [-0.39, 0.29) is 12.5 Å². The van der Waals surface area contributed by atoms with Crippen molar-refractivity contribution < 1.29 is 9.59 Å².